The number of pyridine rings is 1. The number of fused-ring (bicyclic) bond motifs is 6. The third-order valence-electron chi connectivity index (χ3n) is 11.4. The van der Waals surface area contributed by atoms with Crippen molar-refractivity contribution < 1.29 is 32.3 Å². The van der Waals surface area contributed by atoms with E-state index >= 15 is 0 Å². The number of nitrogens with zero attached hydrogens (tertiary/aromatic N) is 5. The van der Waals surface area contributed by atoms with Crippen LogP contribution < -0.4 is 10.7 Å². The number of rotatable bonds is 7. The average molecular weight is 820 g/mol. The summed E-state index contributed by atoms with van der Waals surface area (Å²) in [6.45, 7) is 9.90. The number of benzene rings is 1. The number of methoxy groups -OCH3 is 1. The molecule has 7 rings (SSSR count). The average Bonchev–Trinajstić information content (AvgIpc) is 3.80. The molecule has 1 aromatic carbocycles. The van der Waals surface area contributed by atoms with Crippen LogP contribution in [0.2, 0.25) is 0 Å². The second-order valence-electron chi connectivity index (χ2n) is 16.2. The summed E-state index contributed by atoms with van der Waals surface area (Å²) in [7, 11) is -1.80. The van der Waals surface area contributed by atoms with Crippen molar-refractivity contribution >= 4 is 50.0 Å². The summed E-state index contributed by atoms with van der Waals surface area (Å²) in [5, 5.41) is 8.06. The Morgan fingerprint density at radius 1 is 1.18 bits per heavy atom. The quantitative estimate of drug-likeness (QED) is 0.246. The van der Waals surface area contributed by atoms with Crippen molar-refractivity contribution in [2.24, 2.45) is 11.3 Å². The standard InChI is InChI=1S/C41H53N7O7S2/c1-7-47-34-15-14-26-19-29(34)30(37(47)28-12-8-16-42-36(28)25(2)54-5)21-41(3,4)24-55-40(51)31-13-10-18-48(45-31)39(50)32(20-35-43-33(26)23-56-35)44-38(49)27-11-9-17-46(22-27)57(6,52)53/h8,12,14-16,19,23,25,27,31-32,45H,7,9-11,13,17-18,20-22,24H2,1-6H3,(H,44,49)/t25-,27-,31-,32-/m0/s1. The number of hydrazine groups is 1. The van der Waals surface area contributed by atoms with E-state index in [1.54, 1.807) is 13.3 Å². The summed E-state index contributed by atoms with van der Waals surface area (Å²) >= 11 is 1.41. The first-order valence-electron chi connectivity index (χ1n) is 19.7. The molecule has 6 bridgehead atoms. The summed E-state index contributed by atoms with van der Waals surface area (Å²) in [6.07, 6.45) is 5.48. The number of thiazole rings is 1. The summed E-state index contributed by atoms with van der Waals surface area (Å²) in [4.78, 5) is 51.6. The number of aryl methyl sites for hydroxylation is 1. The van der Waals surface area contributed by atoms with Crippen LogP contribution >= 0.6 is 11.3 Å². The van der Waals surface area contributed by atoms with E-state index in [-0.39, 0.29) is 31.6 Å². The van der Waals surface area contributed by atoms with E-state index in [0.29, 0.717) is 56.7 Å². The van der Waals surface area contributed by atoms with Gasteiger partial charge in [-0.05, 0) is 75.8 Å². The van der Waals surface area contributed by atoms with Gasteiger partial charge < -0.3 is 19.4 Å². The van der Waals surface area contributed by atoms with Gasteiger partial charge in [0.1, 0.15) is 12.1 Å². The van der Waals surface area contributed by atoms with E-state index in [1.807, 2.05) is 18.4 Å². The van der Waals surface area contributed by atoms with E-state index in [2.05, 4.69) is 60.3 Å². The highest BCUT2D eigenvalue weighted by Crippen LogP contribution is 2.42. The second-order valence-corrected chi connectivity index (χ2v) is 19.2. The van der Waals surface area contributed by atoms with Gasteiger partial charge in [-0.15, -0.1) is 11.3 Å². The van der Waals surface area contributed by atoms with Crippen LogP contribution in [0.3, 0.4) is 0 Å². The molecule has 2 saturated heterocycles. The lowest BCUT2D eigenvalue weighted by molar-refractivity contribution is -0.155. The molecule has 3 aromatic heterocycles. The minimum absolute atomic E-state index is 0.0542. The number of cyclic esters (lactones) is 1. The van der Waals surface area contributed by atoms with Gasteiger partial charge in [-0.1, -0.05) is 19.9 Å². The normalized spacial score (nSPS) is 22.8. The molecule has 0 saturated carbocycles. The highest BCUT2D eigenvalue weighted by atomic mass is 32.2. The Morgan fingerprint density at radius 3 is 2.72 bits per heavy atom. The maximum absolute atomic E-state index is 14.3. The molecule has 4 aromatic rings. The van der Waals surface area contributed by atoms with Crippen molar-refractivity contribution in [2.75, 3.05) is 39.6 Å². The molecule has 0 aliphatic carbocycles. The Bertz CT molecular complexity index is 2270. The van der Waals surface area contributed by atoms with Crippen LogP contribution in [0.25, 0.3) is 33.4 Å². The Morgan fingerprint density at radius 2 is 1.96 bits per heavy atom. The zero-order valence-corrected chi connectivity index (χ0v) is 35.2. The molecular formula is C41H53N7O7S2. The number of ether oxygens (including phenoxy) is 2. The smallest absolute Gasteiger partial charge is 0.324 e. The molecule has 0 spiro atoms. The molecule has 57 heavy (non-hydrogen) atoms. The number of aromatic nitrogens is 3. The monoisotopic (exact) mass is 819 g/mol. The Balaban J connectivity index is 1.31. The van der Waals surface area contributed by atoms with E-state index in [1.165, 1.54) is 20.7 Å². The molecule has 3 aliphatic rings. The lowest BCUT2D eigenvalue weighted by atomic mass is 9.84. The number of hydrogen-bond donors (Lipinski definition) is 2. The van der Waals surface area contributed by atoms with E-state index in [9.17, 15) is 22.8 Å². The number of amides is 2. The van der Waals surface area contributed by atoms with E-state index in [0.717, 1.165) is 50.9 Å². The van der Waals surface area contributed by atoms with Gasteiger partial charge >= 0.3 is 5.97 Å². The molecule has 14 nitrogen and oxygen atoms in total. The van der Waals surface area contributed by atoms with Gasteiger partial charge in [0.25, 0.3) is 5.91 Å². The fourth-order valence-corrected chi connectivity index (χ4v) is 10.1. The first-order valence-corrected chi connectivity index (χ1v) is 22.5. The molecule has 4 atom stereocenters. The largest absolute Gasteiger partial charge is 0.464 e. The maximum Gasteiger partial charge on any atom is 0.324 e. The molecule has 3 aliphatic heterocycles. The number of hydrogen-bond acceptors (Lipinski definition) is 11. The highest BCUT2D eigenvalue weighted by molar-refractivity contribution is 7.88. The van der Waals surface area contributed by atoms with Crippen molar-refractivity contribution in [1.82, 2.24) is 34.6 Å². The Labute approximate surface area is 338 Å². The Hall–Kier alpha value is -4.22. The number of piperidine rings is 1. The lowest BCUT2D eigenvalue weighted by Crippen LogP contribution is -2.61. The van der Waals surface area contributed by atoms with Crippen LogP contribution in [-0.2, 0) is 53.3 Å². The fraction of sp³-hybridized carbons (Fsp3) is 0.537. The Kier molecular flexibility index (Phi) is 11.9. The first-order chi connectivity index (χ1) is 27.2. The number of nitrogens with one attached hydrogen (secondary N) is 2. The molecule has 2 amide bonds. The summed E-state index contributed by atoms with van der Waals surface area (Å²) in [5.74, 6) is -1.84. The third kappa shape index (κ3) is 8.65. The van der Waals surface area contributed by atoms with Crippen LogP contribution in [0.4, 0.5) is 0 Å². The second kappa shape index (κ2) is 16.6. The van der Waals surface area contributed by atoms with Crippen LogP contribution in [-0.4, -0.2) is 102 Å². The number of carbonyl (C=O) groups is 3. The molecule has 2 fully saturated rings. The minimum atomic E-state index is -3.48. The molecule has 306 valence electrons. The predicted octanol–water partition coefficient (Wildman–Crippen LogP) is 4.87. The van der Waals surface area contributed by atoms with Crippen LogP contribution in [0, 0.1) is 11.3 Å². The maximum atomic E-state index is 14.3. The van der Waals surface area contributed by atoms with Crippen LogP contribution in [0.1, 0.15) is 75.7 Å². The van der Waals surface area contributed by atoms with Gasteiger partial charge in [0.15, 0.2) is 0 Å². The van der Waals surface area contributed by atoms with Gasteiger partial charge in [-0.25, -0.2) is 23.1 Å². The molecule has 16 heteroatoms. The topological polar surface area (TPSA) is 165 Å². The molecule has 0 unspecified atom stereocenters. The molecule has 2 N–H and O–H groups in total. The molecular weight excluding hydrogens is 767 g/mol. The van der Waals surface area contributed by atoms with Gasteiger partial charge in [0.2, 0.25) is 15.9 Å². The molecule has 6 heterocycles. The third-order valence-corrected chi connectivity index (χ3v) is 13.5. The van der Waals surface area contributed by atoms with Crippen molar-refractivity contribution in [3.05, 3.63) is 58.2 Å². The van der Waals surface area contributed by atoms with Crippen molar-refractivity contribution in [2.45, 2.75) is 91.0 Å². The molecule has 0 radical (unpaired) electrons. The van der Waals surface area contributed by atoms with Crippen LogP contribution in [0.15, 0.2) is 41.9 Å². The number of esters is 1. The summed E-state index contributed by atoms with van der Waals surface area (Å²) in [5.41, 5.74) is 9.30. The van der Waals surface area contributed by atoms with Crippen molar-refractivity contribution in [3.8, 4) is 22.5 Å². The summed E-state index contributed by atoms with van der Waals surface area (Å²) in [6, 6.07) is 8.63. The number of carbonyl (C=O) groups excluding carboxylic acids is 3. The zero-order chi connectivity index (χ0) is 40.6. The predicted molar refractivity (Wildman–Crippen MR) is 218 cm³/mol. The fourth-order valence-electron chi connectivity index (χ4n) is 8.31. The SMILES string of the molecule is CCn1c(-c2cccnc2[C@H](C)OC)c2c3cc(ccc31)-c1csc(n1)C[C@H](NC(=O)[C@H]1CCCN(S(C)(=O)=O)C1)C(=O)N1CCC[C@H](N1)C(=O)OCC(C)(C)C2. The van der Waals surface area contributed by atoms with E-state index in [4.69, 9.17) is 19.4 Å². The first kappa shape index (κ1) is 41.0. The van der Waals surface area contributed by atoms with Gasteiger partial charge in [-0.2, -0.15) is 0 Å². The summed E-state index contributed by atoms with van der Waals surface area (Å²) < 4.78 is 40.1. The zero-order valence-electron chi connectivity index (χ0n) is 33.5. The highest BCUT2D eigenvalue weighted by Gasteiger charge is 2.37. The van der Waals surface area contributed by atoms with E-state index < -0.39 is 45.3 Å². The van der Waals surface area contributed by atoms with Crippen LogP contribution in [0.5, 0.6) is 0 Å². The van der Waals surface area contributed by atoms with Crippen molar-refractivity contribution in [1.29, 1.82) is 0 Å². The van der Waals surface area contributed by atoms with Crippen molar-refractivity contribution in [3.63, 3.8) is 0 Å². The van der Waals surface area contributed by atoms with Gasteiger partial charge in [0.05, 0.1) is 47.0 Å². The van der Waals surface area contributed by atoms with Gasteiger partial charge in [-0.3, -0.25) is 24.4 Å². The number of sulfonamides is 1. The lowest BCUT2D eigenvalue weighted by Gasteiger charge is -2.36. The minimum Gasteiger partial charge on any atom is -0.464 e. The van der Waals surface area contributed by atoms with Gasteiger partial charge in [0, 0.05) is 78.7 Å².